The number of nitrogens with two attached hydrogens (primary N) is 1. The van der Waals surface area contributed by atoms with Gasteiger partial charge in [-0.05, 0) is 18.2 Å². The zero-order valence-corrected chi connectivity index (χ0v) is 7.05. The number of anilines is 1. The van der Waals surface area contributed by atoms with Crippen LogP contribution in [0.4, 0.5) is 5.82 Å². The second kappa shape index (κ2) is 2.77. The van der Waals surface area contributed by atoms with Gasteiger partial charge in [0.15, 0.2) is 0 Å². The molecule has 0 unspecified atom stereocenters. The monoisotopic (exact) mass is 169 g/mol. The Morgan fingerprint density at radius 3 is 3.18 bits per heavy atom. The number of rotatable bonds is 1. The summed E-state index contributed by atoms with van der Waals surface area (Å²) >= 11 is 1.97. The summed E-state index contributed by atoms with van der Waals surface area (Å²) < 4.78 is 1.93. The van der Waals surface area contributed by atoms with Crippen molar-refractivity contribution in [2.75, 3.05) is 17.2 Å². The SMILES string of the molecule is Nc1ccnn1[C@H]1CCSC1. The molecule has 0 saturated carbocycles. The van der Waals surface area contributed by atoms with Crippen LogP contribution >= 0.6 is 11.8 Å². The van der Waals surface area contributed by atoms with Crippen LogP contribution in [0.15, 0.2) is 12.3 Å². The lowest BCUT2D eigenvalue weighted by atomic mass is 10.3. The van der Waals surface area contributed by atoms with E-state index in [4.69, 9.17) is 5.73 Å². The van der Waals surface area contributed by atoms with E-state index in [1.807, 2.05) is 22.5 Å². The molecule has 2 N–H and O–H groups in total. The molecule has 11 heavy (non-hydrogen) atoms. The molecule has 1 fully saturated rings. The molecule has 1 aromatic rings. The summed E-state index contributed by atoms with van der Waals surface area (Å²) in [4.78, 5) is 0. The molecule has 0 amide bonds. The highest BCUT2D eigenvalue weighted by atomic mass is 32.2. The number of nitrogen functional groups attached to an aromatic ring is 1. The maximum absolute atomic E-state index is 5.71. The van der Waals surface area contributed by atoms with Crippen LogP contribution in [0.1, 0.15) is 12.5 Å². The fraction of sp³-hybridized carbons (Fsp3) is 0.571. The molecule has 60 valence electrons. The molecular formula is C7H11N3S. The standard InChI is InChI=1S/C7H11N3S/c8-7-1-3-9-10(7)6-2-4-11-5-6/h1,3,6H,2,4-5,8H2/t6-/m0/s1. The van der Waals surface area contributed by atoms with Crippen LogP contribution in [0.25, 0.3) is 0 Å². The molecule has 0 bridgehead atoms. The van der Waals surface area contributed by atoms with Crippen molar-refractivity contribution in [3.8, 4) is 0 Å². The van der Waals surface area contributed by atoms with E-state index in [-0.39, 0.29) is 0 Å². The van der Waals surface area contributed by atoms with Crippen LogP contribution in [0, 0.1) is 0 Å². The van der Waals surface area contributed by atoms with Gasteiger partial charge in [0.25, 0.3) is 0 Å². The van der Waals surface area contributed by atoms with E-state index in [9.17, 15) is 0 Å². The van der Waals surface area contributed by atoms with E-state index < -0.39 is 0 Å². The topological polar surface area (TPSA) is 43.8 Å². The van der Waals surface area contributed by atoms with Crippen LogP contribution in [0.2, 0.25) is 0 Å². The first kappa shape index (κ1) is 7.03. The maximum atomic E-state index is 5.71. The van der Waals surface area contributed by atoms with Gasteiger partial charge < -0.3 is 5.73 Å². The summed E-state index contributed by atoms with van der Waals surface area (Å²) in [6.07, 6.45) is 2.97. The lowest BCUT2D eigenvalue weighted by molar-refractivity contribution is 0.509. The zero-order chi connectivity index (χ0) is 7.68. The van der Waals surface area contributed by atoms with Crippen LogP contribution in [0.3, 0.4) is 0 Å². The third-order valence-electron chi connectivity index (χ3n) is 1.95. The van der Waals surface area contributed by atoms with Crippen molar-refractivity contribution >= 4 is 17.6 Å². The third kappa shape index (κ3) is 1.22. The van der Waals surface area contributed by atoms with Crippen molar-refractivity contribution in [2.24, 2.45) is 0 Å². The molecule has 4 heteroatoms. The Kier molecular flexibility index (Phi) is 1.77. The van der Waals surface area contributed by atoms with Gasteiger partial charge in [0.2, 0.25) is 0 Å². The minimum Gasteiger partial charge on any atom is -0.384 e. The lowest BCUT2D eigenvalue weighted by Gasteiger charge is -2.09. The molecule has 1 aromatic heterocycles. The number of nitrogens with zero attached hydrogens (tertiary/aromatic N) is 2. The molecule has 0 radical (unpaired) electrons. The average molecular weight is 169 g/mol. The second-order valence-corrected chi connectivity index (χ2v) is 3.87. The predicted octanol–water partition coefficient (Wildman–Crippen LogP) is 1.14. The number of hydrogen-bond donors (Lipinski definition) is 1. The molecule has 1 aliphatic heterocycles. The summed E-state index contributed by atoms with van der Waals surface area (Å²) in [5.74, 6) is 3.19. The Labute approximate surface area is 70.0 Å². The Morgan fingerprint density at radius 1 is 1.73 bits per heavy atom. The van der Waals surface area contributed by atoms with Crippen molar-refractivity contribution in [3.63, 3.8) is 0 Å². The van der Waals surface area contributed by atoms with Gasteiger partial charge in [-0.1, -0.05) is 0 Å². The largest absolute Gasteiger partial charge is 0.384 e. The van der Waals surface area contributed by atoms with Crippen LogP contribution in [-0.2, 0) is 0 Å². The second-order valence-electron chi connectivity index (χ2n) is 2.72. The summed E-state index contributed by atoms with van der Waals surface area (Å²) in [6.45, 7) is 0. The molecule has 2 rings (SSSR count). The molecule has 0 spiro atoms. The van der Waals surface area contributed by atoms with E-state index >= 15 is 0 Å². The van der Waals surface area contributed by atoms with E-state index in [1.54, 1.807) is 6.20 Å². The fourth-order valence-corrected chi connectivity index (χ4v) is 2.53. The van der Waals surface area contributed by atoms with E-state index in [0.29, 0.717) is 6.04 Å². The average Bonchev–Trinajstić information content (AvgIpc) is 2.55. The minimum atomic E-state index is 0.537. The molecule has 1 aliphatic rings. The smallest absolute Gasteiger partial charge is 0.121 e. The van der Waals surface area contributed by atoms with Crippen molar-refractivity contribution in [1.82, 2.24) is 9.78 Å². The highest BCUT2D eigenvalue weighted by Gasteiger charge is 2.18. The number of hydrogen-bond acceptors (Lipinski definition) is 3. The van der Waals surface area contributed by atoms with Gasteiger partial charge >= 0.3 is 0 Å². The summed E-state index contributed by atoms with van der Waals surface area (Å²) in [5, 5.41) is 4.18. The molecule has 1 saturated heterocycles. The zero-order valence-electron chi connectivity index (χ0n) is 6.23. The van der Waals surface area contributed by atoms with Gasteiger partial charge in [0.05, 0.1) is 12.2 Å². The lowest BCUT2D eigenvalue weighted by Crippen LogP contribution is -2.11. The molecule has 1 atom stereocenters. The van der Waals surface area contributed by atoms with Gasteiger partial charge in [0.1, 0.15) is 5.82 Å². The summed E-state index contributed by atoms with van der Waals surface area (Å²) in [7, 11) is 0. The van der Waals surface area contributed by atoms with E-state index in [2.05, 4.69) is 5.10 Å². The third-order valence-corrected chi connectivity index (χ3v) is 3.10. The van der Waals surface area contributed by atoms with Crippen LogP contribution in [0.5, 0.6) is 0 Å². The quantitative estimate of drug-likeness (QED) is 0.685. The minimum absolute atomic E-state index is 0.537. The molecule has 3 nitrogen and oxygen atoms in total. The maximum Gasteiger partial charge on any atom is 0.121 e. The Balaban J connectivity index is 2.21. The highest BCUT2D eigenvalue weighted by molar-refractivity contribution is 7.99. The van der Waals surface area contributed by atoms with Gasteiger partial charge in [0, 0.05) is 5.75 Å². The number of aromatic nitrogens is 2. The Bertz CT molecular complexity index is 240. The van der Waals surface area contributed by atoms with Crippen LogP contribution < -0.4 is 5.73 Å². The van der Waals surface area contributed by atoms with Crippen LogP contribution in [-0.4, -0.2) is 21.3 Å². The normalized spacial score (nSPS) is 24.2. The van der Waals surface area contributed by atoms with E-state index in [0.717, 1.165) is 11.6 Å². The van der Waals surface area contributed by atoms with Gasteiger partial charge in [-0.2, -0.15) is 16.9 Å². The summed E-state index contributed by atoms with van der Waals surface area (Å²) in [6, 6.07) is 2.39. The first-order valence-corrected chi connectivity index (χ1v) is 4.90. The van der Waals surface area contributed by atoms with Gasteiger partial charge in [-0.15, -0.1) is 0 Å². The molecule has 0 aromatic carbocycles. The number of thioether (sulfide) groups is 1. The van der Waals surface area contributed by atoms with Crippen molar-refractivity contribution < 1.29 is 0 Å². The predicted molar refractivity (Wildman–Crippen MR) is 47.6 cm³/mol. The highest BCUT2D eigenvalue weighted by Crippen LogP contribution is 2.28. The fourth-order valence-electron chi connectivity index (χ4n) is 1.34. The first-order chi connectivity index (χ1) is 5.38. The van der Waals surface area contributed by atoms with Gasteiger partial charge in [-0.25, -0.2) is 4.68 Å². The molecule has 0 aliphatic carbocycles. The summed E-state index contributed by atoms with van der Waals surface area (Å²) in [5.41, 5.74) is 5.71. The van der Waals surface area contributed by atoms with Crippen molar-refractivity contribution in [3.05, 3.63) is 12.3 Å². The van der Waals surface area contributed by atoms with Gasteiger partial charge in [-0.3, -0.25) is 0 Å². The Hall–Kier alpha value is -0.640. The van der Waals surface area contributed by atoms with Crippen molar-refractivity contribution in [1.29, 1.82) is 0 Å². The molecule has 2 heterocycles. The van der Waals surface area contributed by atoms with E-state index in [1.165, 1.54) is 12.2 Å². The Morgan fingerprint density at radius 2 is 2.64 bits per heavy atom. The first-order valence-electron chi connectivity index (χ1n) is 3.74. The molecular weight excluding hydrogens is 158 g/mol. The van der Waals surface area contributed by atoms with Crippen molar-refractivity contribution in [2.45, 2.75) is 12.5 Å².